The first-order valence-electron chi connectivity index (χ1n) is 8.90. The SMILES string of the molecule is CCCN(CCC)C(=O)c1ccc(NC(=O)C(N)C(C)CC)cc1. The van der Waals surface area contributed by atoms with Crippen molar-refractivity contribution >= 4 is 17.5 Å². The lowest BCUT2D eigenvalue weighted by atomic mass is 9.99. The van der Waals surface area contributed by atoms with Gasteiger partial charge in [-0.15, -0.1) is 0 Å². The number of hydrogen-bond donors (Lipinski definition) is 2. The summed E-state index contributed by atoms with van der Waals surface area (Å²) in [4.78, 5) is 26.5. The molecule has 0 fully saturated rings. The second-order valence-corrected chi connectivity index (χ2v) is 6.27. The Bertz CT molecular complexity index is 522. The Labute approximate surface area is 145 Å². The molecule has 2 unspecified atom stereocenters. The van der Waals surface area contributed by atoms with Crippen molar-refractivity contribution in [2.45, 2.75) is 53.0 Å². The van der Waals surface area contributed by atoms with E-state index in [0.717, 1.165) is 32.4 Å². The molecule has 0 heterocycles. The maximum Gasteiger partial charge on any atom is 0.253 e. The Morgan fingerprint density at radius 2 is 1.62 bits per heavy atom. The summed E-state index contributed by atoms with van der Waals surface area (Å²) >= 11 is 0. The van der Waals surface area contributed by atoms with Gasteiger partial charge in [-0.3, -0.25) is 9.59 Å². The number of carbonyl (C=O) groups excluding carboxylic acids is 2. The quantitative estimate of drug-likeness (QED) is 0.728. The van der Waals surface area contributed by atoms with Crippen LogP contribution >= 0.6 is 0 Å². The molecule has 1 rings (SSSR count). The lowest BCUT2D eigenvalue weighted by Gasteiger charge is -2.21. The van der Waals surface area contributed by atoms with E-state index in [1.807, 2.05) is 18.7 Å². The van der Waals surface area contributed by atoms with E-state index in [9.17, 15) is 9.59 Å². The van der Waals surface area contributed by atoms with Gasteiger partial charge in [-0.25, -0.2) is 0 Å². The predicted molar refractivity (Wildman–Crippen MR) is 99.0 cm³/mol. The molecule has 0 aliphatic carbocycles. The number of benzene rings is 1. The van der Waals surface area contributed by atoms with E-state index in [4.69, 9.17) is 5.73 Å². The van der Waals surface area contributed by atoms with Gasteiger partial charge in [0.05, 0.1) is 6.04 Å². The molecular formula is C19H31N3O2. The van der Waals surface area contributed by atoms with Crippen molar-refractivity contribution in [1.29, 1.82) is 0 Å². The molecule has 0 bridgehead atoms. The van der Waals surface area contributed by atoms with Crippen molar-refractivity contribution in [2.24, 2.45) is 11.7 Å². The van der Waals surface area contributed by atoms with Crippen molar-refractivity contribution < 1.29 is 9.59 Å². The standard InChI is InChI=1S/C19H31N3O2/c1-5-12-22(13-6-2)19(24)15-8-10-16(11-9-15)21-18(23)17(20)14(4)7-3/h8-11,14,17H,5-7,12-13,20H2,1-4H3,(H,21,23). The fourth-order valence-corrected chi connectivity index (χ4v) is 2.47. The average molecular weight is 333 g/mol. The van der Waals surface area contributed by atoms with Crippen molar-refractivity contribution in [3.8, 4) is 0 Å². The van der Waals surface area contributed by atoms with E-state index in [2.05, 4.69) is 19.2 Å². The largest absolute Gasteiger partial charge is 0.339 e. The van der Waals surface area contributed by atoms with Crippen LogP contribution in [0.5, 0.6) is 0 Å². The van der Waals surface area contributed by atoms with Crippen LogP contribution in [-0.2, 0) is 4.79 Å². The molecule has 1 aromatic rings. The summed E-state index contributed by atoms with van der Waals surface area (Å²) in [5.41, 5.74) is 7.23. The van der Waals surface area contributed by atoms with E-state index in [0.29, 0.717) is 11.3 Å². The van der Waals surface area contributed by atoms with Gasteiger partial charge in [-0.05, 0) is 43.0 Å². The minimum Gasteiger partial charge on any atom is -0.339 e. The zero-order valence-corrected chi connectivity index (χ0v) is 15.3. The Morgan fingerprint density at radius 3 is 2.08 bits per heavy atom. The van der Waals surface area contributed by atoms with Gasteiger partial charge >= 0.3 is 0 Å². The van der Waals surface area contributed by atoms with Crippen LogP contribution in [0.15, 0.2) is 24.3 Å². The van der Waals surface area contributed by atoms with Gasteiger partial charge in [-0.2, -0.15) is 0 Å². The molecule has 5 nitrogen and oxygen atoms in total. The fourth-order valence-electron chi connectivity index (χ4n) is 2.47. The van der Waals surface area contributed by atoms with E-state index in [1.165, 1.54) is 0 Å². The van der Waals surface area contributed by atoms with Gasteiger partial charge in [0.2, 0.25) is 5.91 Å². The molecule has 0 aliphatic rings. The lowest BCUT2D eigenvalue weighted by Crippen LogP contribution is -2.40. The number of amides is 2. The zero-order chi connectivity index (χ0) is 18.1. The first kappa shape index (κ1) is 20.2. The molecule has 3 N–H and O–H groups in total. The van der Waals surface area contributed by atoms with Gasteiger partial charge in [0.25, 0.3) is 5.91 Å². The highest BCUT2D eigenvalue weighted by atomic mass is 16.2. The first-order chi connectivity index (χ1) is 11.4. The van der Waals surface area contributed by atoms with Gasteiger partial charge in [-0.1, -0.05) is 34.1 Å². The third-order valence-electron chi connectivity index (χ3n) is 4.23. The maximum atomic E-state index is 12.5. The Kier molecular flexibility index (Phi) is 8.47. The van der Waals surface area contributed by atoms with Crippen LogP contribution < -0.4 is 11.1 Å². The molecular weight excluding hydrogens is 302 g/mol. The van der Waals surface area contributed by atoms with Gasteiger partial charge in [0, 0.05) is 24.3 Å². The van der Waals surface area contributed by atoms with Crippen LogP contribution in [0.1, 0.15) is 57.3 Å². The highest BCUT2D eigenvalue weighted by molar-refractivity contribution is 5.97. The molecule has 1 aromatic carbocycles. The topological polar surface area (TPSA) is 75.4 Å². The predicted octanol–water partition coefficient (Wildman–Crippen LogP) is 3.26. The number of nitrogens with two attached hydrogens (primary N) is 1. The molecule has 0 saturated carbocycles. The first-order valence-corrected chi connectivity index (χ1v) is 8.90. The normalized spacial score (nSPS) is 13.2. The molecule has 0 radical (unpaired) electrons. The van der Waals surface area contributed by atoms with Crippen molar-refractivity contribution in [3.05, 3.63) is 29.8 Å². The molecule has 134 valence electrons. The summed E-state index contributed by atoms with van der Waals surface area (Å²) in [5.74, 6) is -0.0302. The lowest BCUT2D eigenvalue weighted by molar-refractivity contribution is -0.118. The molecule has 2 amide bonds. The minimum atomic E-state index is -0.527. The number of rotatable bonds is 9. The Balaban J connectivity index is 2.74. The minimum absolute atomic E-state index is 0.0351. The van der Waals surface area contributed by atoms with Crippen molar-refractivity contribution in [2.75, 3.05) is 18.4 Å². The molecule has 0 aromatic heterocycles. The van der Waals surface area contributed by atoms with Crippen LogP contribution in [0.3, 0.4) is 0 Å². The second kappa shape index (κ2) is 10.1. The summed E-state index contributed by atoms with van der Waals surface area (Å²) < 4.78 is 0. The fraction of sp³-hybridized carbons (Fsp3) is 0.579. The molecule has 0 spiro atoms. The third kappa shape index (κ3) is 5.64. The molecule has 0 saturated heterocycles. The Morgan fingerprint density at radius 1 is 1.08 bits per heavy atom. The van der Waals surface area contributed by atoms with Crippen LogP contribution in [0, 0.1) is 5.92 Å². The molecule has 2 atom stereocenters. The number of nitrogens with one attached hydrogen (secondary N) is 1. The van der Waals surface area contributed by atoms with Gasteiger partial charge in [0.1, 0.15) is 0 Å². The number of anilines is 1. The smallest absolute Gasteiger partial charge is 0.253 e. The summed E-state index contributed by atoms with van der Waals surface area (Å²) in [6.45, 7) is 9.62. The van der Waals surface area contributed by atoms with Crippen molar-refractivity contribution in [3.63, 3.8) is 0 Å². The average Bonchev–Trinajstić information content (AvgIpc) is 2.60. The summed E-state index contributed by atoms with van der Waals surface area (Å²) in [5, 5.41) is 2.81. The summed E-state index contributed by atoms with van der Waals surface area (Å²) in [6.07, 6.45) is 2.73. The summed E-state index contributed by atoms with van der Waals surface area (Å²) in [7, 11) is 0. The van der Waals surface area contributed by atoms with Crippen LogP contribution in [0.4, 0.5) is 5.69 Å². The monoisotopic (exact) mass is 333 g/mol. The van der Waals surface area contributed by atoms with E-state index in [-0.39, 0.29) is 17.7 Å². The number of nitrogens with zero attached hydrogens (tertiary/aromatic N) is 1. The van der Waals surface area contributed by atoms with E-state index < -0.39 is 6.04 Å². The molecule has 24 heavy (non-hydrogen) atoms. The summed E-state index contributed by atoms with van der Waals surface area (Å²) in [6, 6.07) is 6.49. The van der Waals surface area contributed by atoms with Crippen LogP contribution in [0.2, 0.25) is 0 Å². The molecule has 0 aliphatic heterocycles. The molecule has 5 heteroatoms. The number of carbonyl (C=O) groups is 2. The van der Waals surface area contributed by atoms with Crippen LogP contribution in [-0.4, -0.2) is 35.8 Å². The van der Waals surface area contributed by atoms with Gasteiger partial charge in [0.15, 0.2) is 0 Å². The van der Waals surface area contributed by atoms with Crippen molar-refractivity contribution in [1.82, 2.24) is 4.90 Å². The number of hydrogen-bond acceptors (Lipinski definition) is 3. The van der Waals surface area contributed by atoms with Crippen LogP contribution in [0.25, 0.3) is 0 Å². The van der Waals surface area contributed by atoms with E-state index >= 15 is 0 Å². The maximum absolute atomic E-state index is 12.5. The Hall–Kier alpha value is -1.88. The second-order valence-electron chi connectivity index (χ2n) is 6.27. The van der Waals surface area contributed by atoms with E-state index in [1.54, 1.807) is 24.3 Å². The van der Waals surface area contributed by atoms with Gasteiger partial charge < -0.3 is 16.0 Å². The third-order valence-corrected chi connectivity index (χ3v) is 4.23. The highest BCUT2D eigenvalue weighted by Gasteiger charge is 2.19. The zero-order valence-electron chi connectivity index (χ0n) is 15.3. The highest BCUT2D eigenvalue weighted by Crippen LogP contribution is 2.14.